The maximum atomic E-state index is 13.0. The van der Waals surface area contributed by atoms with E-state index in [9.17, 15) is 14.9 Å². The molecule has 0 radical (unpaired) electrons. The average molecular weight is 546 g/mol. The van der Waals surface area contributed by atoms with Crippen LogP contribution in [-0.4, -0.2) is 70.7 Å². The minimum Gasteiger partial charge on any atom is -0.459 e. The number of para-hydroxylation sites is 1. The second-order valence-electron chi connectivity index (χ2n) is 10.3. The lowest BCUT2D eigenvalue weighted by molar-refractivity contribution is -0.384. The molecule has 0 aliphatic carbocycles. The van der Waals surface area contributed by atoms with Crippen molar-refractivity contribution in [2.75, 3.05) is 44.4 Å². The number of esters is 1. The first kappa shape index (κ1) is 28.5. The number of fused-ring (bicyclic) bond motifs is 1. The number of nitro benzene ring substituents is 1. The van der Waals surface area contributed by atoms with E-state index in [0.29, 0.717) is 23.6 Å². The van der Waals surface area contributed by atoms with Crippen molar-refractivity contribution in [3.63, 3.8) is 0 Å². The van der Waals surface area contributed by atoms with Crippen LogP contribution in [0.2, 0.25) is 0 Å². The lowest BCUT2D eigenvalue weighted by Crippen LogP contribution is -2.29. The van der Waals surface area contributed by atoms with Crippen molar-refractivity contribution in [3.8, 4) is 11.3 Å². The van der Waals surface area contributed by atoms with Crippen LogP contribution >= 0.6 is 0 Å². The summed E-state index contributed by atoms with van der Waals surface area (Å²) in [6.45, 7) is 6.82. The number of rotatable bonds is 10. The third kappa shape index (κ3) is 6.04. The topological polar surface area (TPSA) is 119 Å². The summed E-state index contributed by atoms with van der Waals surface area (Å²) in [4.78, 5) is 37.7. The number of anilines is 3. The molecule has 210 valence electrons. The van der Waals surface area contributed by atoms with Crippen molar-refractivity contribution < 1.29 is 14.5 Å². The molecule has 0 saturated carbocycles. The van der Waals surface area contributed by atoms with Gasteiger partial charge in [0.05, 0.1) is 22.4 Å². The molecule has 0 bridgehead atoms. The Morgan fingerprint density at radius 3 is 2.58 bits per heavy atom. The monoisotopic (exact) mass is 545 g/mol. The van der Waals surface area contributed by atoms with Crippen LogP contribution in [0, 0.1) is 17.0 Å². The number of aromatic nitrogens is 3. The summed E-state index contributed by atoms with van der Waals surface area (Å²) in [7, 11) is 7.69. The van der Waals surface area contributed by atoms with E-state index in [-0.39, 0.29) is 28.2 Å². The molecular formula is C29H35N7O4. The van der Waals surface area contributed by atoms with E-state index in [1.54, 1.807) is 19.9 Å². The van der Waals surface area contributed by atoms with Gasteiger partial charge in [-0.3, -0.25) is 10.1 Å². The molecule has 0 fully saturated rings. The predicted octanol–water partition coefficient (Wildman–Crippen LogP) is 5.16. The van der Waals surface area contributed by atoms with Crippen LogP contribution in [0.25, 0.3) is 22.2 Å². The van der Waals surface area contributed by atoms with Gasteiger partial charge in [0.1, 0.15) is 11.3 Å². The molecule has 0 unspecified atom stereocenters. The number of nitrogens with zero attached hydrogens (tertiary/aromatic N) is 6. The van der Waals surface area contributed by atoms with Gasteiger partial charge >= 0.3 is 5.97 Å². The van der Waals surface area contributed by atoms with Gasteiger partial charge in [0, 0.05) is 62.1 Å². The zero-order valence-corrected chi connectivity index (χ0v) is 23.9. The number of hydrogen-bond acceptors (Lipinski definition) is 9. The van der Waals surface area contributed by atoms with Crippen molar-refractivity contribution in [2.45, 2.75) is 26.9 Å². The van der Waals surface area contributed by atoms with E-state index in [0.717, 1.165) is 28.6 Å². The predicted molar refractivity (Wildman–Crippen MR) is 157 cm³/mol. The number of ether oxygens (including phenoxy) is 1. The normalized spacial score (nSPS) is 11.3. The first-order valence-electron chi connectivity index (χ1n) is 13.0. The molecule has 4 rings (SSSR count). The van der Waals surface area contributed by atoms with Crippen LogP contribution in [-0.2, 0) is 11.8 Å². The fourth-order valence-electron chi connectivity index (χ4n) is 4.46. The molecule has 4 aromatic rings. The van der Waals surface area contributed by atoms with E-state index in [4.69, 9.17) is 9.72 Å². The van der Waals surface area contributed by atoms with Crippen LogP contribution < -0.4 is 10.2 Å². The molecule has 0 aliphatic rings. The largest absolute Gasteiger partial charge is 0.459 e. The lowest BCUT2D eigenvalue weighted by atomic mass is 10.1. The van der Waals surface area contributed by atoms with Crippen molar-refractivity contribution in [1.82, 2.24) is 19.4 Å². The molecule has 1 N–H and O–H groups in total. The maximum Gasteiger partial charge on any atom is 0.342 e. The van der Waals surface area contributed by atoms with Gasteiger partial charge in [0.25, 0.3) is 5.69 Å². The summed E-state index contributed by atoms with van der Waals surface area (Å²) < 4.78 is 7.45. The Morgan fingerprint density at radius 1 is 1.18 bits per heavy atom. The van der Waals surface area contributed by atoms with E-state index < -0.39 is 5.97 Å². The van der Waals surface area contributed by atoms with E-state index >= 15 is 0 Å². The summed E-state index contributed by atoms with van der Waals surface area (Å²) in [5.74, 6) is -0.323. The standard InChI is InChI=1S/C29H35N7O4/c1-18(2)40-28(37)21-16-30-29(32-27(21)22-17-35(7)24-11-9-8-10-20(22)24)31-23-15-26(36(38)39)25(14-19(23)3)34(6)13-12-33(4)5/h8-11,14-18H,12-13H2,1-7H3,(H,30,31,32). The number of carbonyl (C=O) groups excluding carboxylic acids is 1. The molecule has 0 saturated heterocycles. The quantitative estimate of drug-likeness (QED) is 0.164. The molecular weight excluding hydrogens is 510 g/mol. The number of carbonyl (C=O) groups is 1. The molecule has 2 aromatic carbocycles. The first-order valence-corrected chi connectivity index (χ1v) is 13.0. The van der Waals surface area contributed by atoms with Crippen LogP contribution in [0.15, 0.2) is 48.8 Å². The van der Waals surface area contributed by atoms with Gasteiger partial charge in [-0.25, -0.2) is 14.8 Å². The Bertz CT molecular complexity index is 1560. The van der Waals surface area contributed by atoms with Gasteiger partial charge in [-0.15, -0.1) is 0 Å². The number of hydrogen-bond donors (Lipinski definition) is 1. The summed E-state index contributed by atoms with van der Waals surface area (Å²) in [5, 5.41) is 16.1. The Morgan fingerprint density at radius 2 is 1.90 bits per heavy atom. The molecule has 2 heterocycles. The fourth-order valence-corrected chi connectivity index (χ4v) is 4.46. The Hall–Kier alpha value is -4.51. The Balaban J connectivity index is 1.78. The highest BCUT2D eigenvalue weighted by molar-refractivity contribution is 6.03. The zero-order chi connectivity index (χ0) is 29.1. The number of likely N-dealkylation sites (N-methyl/N-ethyl adjacent to an activating group) is 2. The van der Waals surface area contributed by atoms with Crippen LogP contribution in [0.3, 0.4) is 0 Å². The third-order valence-electron chi connectivity index (χ3n) is 6.56. The highest BCUT2D eigenvalue weighted by atomic mass is 16.6. The molecule has 11 nitrogen and oxygen atoms in total. The molecule has 11 heteroatoms. The number of nitro groups is 1. The van der Waals surface area contributed by atoms with E-state index in [1.165, 1.54) is 12.3 Å². The Kier molecular flexibility index (Phi) is 8.34. The molecule has 2 aromatic heterocycles. The van der Waals surface area contributed by atoms with Crippen LogP contribution in [0.5, 0.6) is 0 Å². The summed E-state index contributed by atoms with van der Waals surface area (Å²) in [6.07, 6.45) is 3.03. The summed E-state index contributed by atoms with van der Waals surface area (Å²) in [5.41, 5.74) is 4.16. The van der Waals surface area contributed by atoms with E-state index in [2.05, 4.69) is 10.3 Å². The van der Waals surface area contributed by atoms with Crippen LogP contribution in [0.4, 0.5) is 23.0 Å². The van der Waals surface area contributed by atoms with Crippen LogP contribution in [0.1, 0.15) is 29.8 Å². The van der Waals surface area contributed by atoms with E-state index in [1.807, 2.05) is 79.9 Å². The van der Waals surface area contributed by atoms with Gasteiger partial charge in [-0.2, -0.15) is 0 Å². The highest BCUT2D eigenvalue weighted by Crippen LogP contribution is 2.36. The Labute approximate surface area is 233 Å². The highest BCUT2D eigenvalue weighted by Gasteiger charge is 2.24. The van der Waals surface area contributed by atoms with Gasteiger partial charge in [-0.05, 0) is 52.6 Å². The number of benzene rings is 2. The molecule has 0 aliphatic heterocycles. The average Bonchev–Trinajstić information content (AvgIpc) is 3.24. The minimum absolute atomic E-state index is 0.0271. The molecule has 0 atom stereocenters. The molecule has 0 amide bonds. The first-order chi connectivity index (χ1) is 19.0. The van der Waals surface area contributed by atoms with Crippen molar-refractivity contribution in [2.24, 2.45) is 7.05 Å². The smallest absolute Gasteiger partial charge is 0.342 e. The zero-order valence-electron chi connectivity index (χ0n) is 23.9. The third-order valence-corrected chi connectivity index (χ3v) is 6.56. The SMILES string of the molecule is Cc1cc(N(C)CCN(C)C)c([N+](=O)[O-])cc1Nc1ncc(C(=O)OC(C)C)c(-c2cn(C)c3ccccc23)n1. The second kappa shape index (κ2) is 11.7. The van der Waals surface area contributed by atoms with Gasteiger partial charge in [-0.1, -0.05) is 18.2 Å². The summed E-state index contributed by atoms with van der Waals surface area (Å²) in [6, 6.07) is 11.1. The lowest BCUT2D eigenvalue weighted by Gasteiger charge is -2.22. The van der Waals surface area contributed by atoms with Crippen molar-refractivity contribution >= 4 is 39.9 Å². The maximum absolute atomic E-state index is 13.0. The van der Waals surface area contributed by atoms with Crippen molar-refractivity contribution in [3.05, 3.63) is 70.0 Å². The van der Waals surface area contributed by atoms with Gasteiger partial charge in [0.15, 0.2) is 0 Å². The second-order valence-corrected chi connectivity index (χ2v) is 10.3. The van der Waals surface area contributed by atoms with Crippen molar-refractivity contribution in [1.29, 1.82) is 0 Å². The molecule has 0 spiro atoms. The van der Waals surface area contributed by atoms with Gasteiger partial charge in [0.2, 0.25) is 5.95 Å². The number of aryl methyl sites for hydroxylation is 2. The molecule has 40 heavy (non-hydrogen) atoms. The summed E-state index contributed by atoms with van der Waals surface area (Å²) >= 11 is 0. The van der Waals surface area contributed by atoms with Gasteiger partial charge < -0.3 is 24.4 Å². The minimum atomic E-state index is -0.526. The fraction of sp³-hybridized carbons (Fsp3) is 0.345. The number of nitrogens with one attached hydrogen (secondary N) is 1.